The summed E-state index contributed by atoms with van der Waals surface area (Å²) in [7, 11) is 0. The van der Waals surface area contributed by atoms with E-state index in [-0.39, 0.29) is 0 Å². The number of nitrogens with one attached hydrogen (secondary N) is 2. The average molecular weight is 192 g/mol. The smallest absolute Gasteiger partial charge is 0.253 e. The molecule has 1 saturated heterocycles. The molecular weight excluding hydrogens is 178 g/mol. The lowest BCUT2D eigenvalue weighted by Crippen LogP contribution is -2.55. The zero-order valence-corrected chi connectivity index (χ0v) is 7.99. The van der Waals surface area contributed by atoms with E-state index in [1.54, 1.807) is 0 Å². The van der Waals surface area contributed by atoms with Crippen LogP contribution in [0.4, 0.5) is 11.4 Å². The highest BCUT2D eigenvalue weighted by atomic mass is 16.3. The van der Waals surface area contributed by atoms with Crippen molar-refractivity contribution in [1.29, 1.82) is 0 Å². The Morgan fingerprint density at radius 3 is 2.36 bits per heavy atom. The van der Waals surface area contributed by atoms with Gasteiger partial charge in [-0.25, -0.2) is 0 Å². The zero-order chi connectivity index (χ0) is 9.80. The molecule has 2 rings (SSSR count). The van der Waals surface area contributed by atoms with E-state index >= 15 is 0 Å². The van der Waals surface area contributed by atoms with Crippen LogP contribution in [0.15, 0.2) is 24.3 Å². The second-order valence-electron chi connectivity index (χ2n) is 3.39. The standard InChI is InChI=1S/C10H13N3O/c14-12-9-1-3-10(4-2-9)13-7-5-11-6-8-13/h1-4,11H,5-8H2/p+1. The monoisotopic (exact) mass is 192 g/mol. The van der Waals surface area contributed by atoms with Crippen molar-refractivity contribution < 1.29 is 5.18 Å². The highest BCUT2D eigenvalue weighted by molar-refractivity contribution is 5.50. The predicted molar refractivity (Wildman–Crippen MR) is 55.5 cm³/mol. The molecule has 0 bridgehead atoms. The molecule has 1 aromatic carbocycles. The Morgan fingerprint density at radius 1 is 1.14 bits per heavy atom. The molecule has 0 radical (unpaired) electrons. The molecule has 0 aliphatic carbocycles. The van der Waals surface area contributed by atoms with Crippen molar-refractivity contribution in [3.05, 3.63) is 29.2 Å². The minimum atomic E-state index is 0.615. The minimum Gasteiger partial charge on any atom is -0.369 e. The lowest BCUT2D eigenvalue weighted by Gasteiger charge is -2.29. The summed E-state index contributed by atoms with van der Waals surface area (Å²) in [6.45, 7) is 4.12. The molecule has 1 aliphatic heterocycles. The van der Waals surface area contributed by atoms with Crippen LogP contribution in [-0.2, 0) is 0 Å². The summed E-state index contributed by atoms with van der Waals surface area (Å²) >= 11 is 0. The average Bonchev–Trinajstić information content (AvgIpc) is 2.30. The third kappa shape index (κ3) is 1.90. The highest BCUT2D eigenvalue weighted by Gasteiger charge is 2.10. The van der Waals surface area contributed by atoms with Crippen molar-refractivity contribution in [3.8, 4) is 0 Å². The van der Waals surface area contributed by atoms with Gasteiger partial charge in [0.1, 0.15) is 0 Å². The normalized spacial score (nSPS) is 16.7. The fourth-order valence-corrected chi connectivity index (χ4v) is 1.66. The van der Waals surface area contributed by atoms with Crippen LogP contribution in [0.1, 0.15) is 0 Å². The van der Waals surface area contributed by atoms with Gasteiger partial charge in [-0.2, -0.15) is 0 Å². The molecule has 1 fully saturated rings. The van der Waals surface area contributed by atoms with Gasteiger partial charge in [-0.1, -0.05) is 0 Å². The molecule has 4 heteroatoms. The Labute approximate surface area is 82.9 Å². The molecule has 0 unspecified atom stereocenters. The van der Waals surface area contributed by atoms with Crippen molar-refractivity contribution in [1.82, 2.24) is 5.32 Å². The molecule has 14 heavy (non-hydrogen) atoms. The Morgan fingerprint density at radius 2 is 1.79 bits per heavy atom. The number of nitroso groups, excluding NO2 is 1. The first-order valence-corrected chi connectivity index (χ1v) is 4.84. The van der Waals surface area contributed by atoms with E-state index in [1.165, 1.54) is 5.69 Å². The van der Waals surface area contributed by atoms with Crippen molar-refractivity contribution in [3.63, 3.8) is 0 Å². The van der Waals surface area contributed by atoms with Gasteiger partial charge in [-0.3, -0.25) is 0 Å². The number of hydrogen-bond donors (Lipinski definition) is 2. The van der Waals surface area contributed by atoms with Gasteiger partial charge in [0.2, 0.25) is 0 Å². The van der Waals surface area contributed by atoms with Crippen LogP contribution in [0.5, 0.6) is 0 Å². The van der Waals surface area contributed by atoms with Gasteiger partial charge < -0.3 is 10.2 Å². The van der Waals surface area contributed by atoms with Crippen LogP contribution < -0.4 is 15.4 Å². The van der Waals surface area contributed by atoms with Gasteiger partial charge in [0.15, 0.2) is 0 Å². The Balaban J connectivity index is 2.11. The van der Waals surface area contributed by atoms with E-state index in [1.807, 2.05) is 29.4 Å². The second-order valence-corrected chi connectivity index (χ2v) is 3.39. The van der Waals surface area contributed by atoms with Crippen LogP contribution in [0, 0.1) is 4.91 Å². The van der Waals surface area contributed by atoms with Crippen molar-refractivity contribution in [2.75, 3.05) is 31.1 Å². The van der Waals surface area contributed by atoms with Crippen LogP contribution >= 0.6 is 0 Å². The van der Waals surface area contributed by atoms with Crippen molar-refractivity contribution in [2.45, 2.75) is 0 Å². The quantitative estimate of drug-likeness (QED) is 0.668. The highest BCUT2D eigenvalue weighted by Crippen LogP contribution is 2.15. The van der Waals surface area contributed by atoms with Gasteiger partial charge in [-0.15, -0.1) is 0 Å². The van der Waals surface area contributed by atoms with Gasteiger partial charge in [-0.05, 0) is 12.1 Å². The van der Waals surface area contributed by atoms with Crippen LogP contribution in [0.3, 0.4) is 0 Å². The number of hydrogen-bond acceptors (Lipinski definition) is 3. The minimum absolute atomic E-state index is 0.615. The first-order valence-electron chi connectivity index (χ1n) is 4.84. The summed E-state index contributed by atoms with van der Waals surface area (Å²) in [5.74, 6) is 0. The summed E-state index contributed by atoms with van der Waals surface area (Å²) in [4.78, 5) is 12.7. The third-order valence-corrected chi connectivity index (χ3v) is 2.47. The molecule has 0 spiro atoms. The van der Waals surface area contributed by atoms with E-state index in [4.69, 9.17) is 0 Å². The molecule has 1 heterocycles. The maximum atomic E-state index is 10.3. The van der Waals surface area contributed by atoms with Crippen LogP contribution in [0.2, 0.25) is 0 Å². The largest absolute Gasteiger partial charge is 0.369 e. The van der Waals surface area contributed by atoms with Crippen molar-refractivity contribution in [2.24, 2.45) is 0 Å². The number of benzene rings is 1. The second kappa shape index (κ2) is 4.19. The predicted octanol–water partition coefficient (Wildman–Crippen LogP) is -0.425. The van der Waals surface area contributed by atoms with Gasteiger partial charge in [0.25, 0.3) is 5.69 Å². The number of rotatable bonds is 2. The summed E-state index contributed by atoms with van der Waals surface area (Å²) < 4.78 is 0. The lowest BCUT2D eigenvalue weighted by molar-refractivity contribution is -0.379. The zero-order valence-electron chi connectivity index (χ0n) is 7.99. The molecule has 74 valence electrons. The number of piperazine rings is 1. The summed E-state index contributed by atoms with van der Waals surface area (Å²) in [5.41, 5.74) is 1.80. The van der Waals surface area contributed by atoms with Gasteiger partial charge >= 0.3 is 0 Å². The van der Waals surface area contributed by atoms with Crippen molar-refractivity contribution >= 4 is 11.4 Å². The van der Waals surface area contributed by atoms with E-state index in [2.05, 4.69) is 10.2 Å². The Hall–Kier alpha value is -1.42. The number of anilines is 1. The summed E-state index contributed by atoms with van der Waals surface area (Å²) in [5, 5.41) is 5.18. The van der Waals surface area contributed by atoms with E-state index in [0.29, 0.717) is 5.69 Å². The molecule has 2 N–H and O–H groups in total. The maximum absolute atomic E-state index is 10.3. The molecule has 1 aliphatic rings. The third-order valence-electron chi connectivity index (χ3n) is 2.47. The van der Waals surface area contributed by atoms with Crippen LogP contribution in [0.25, 0.3) is 0 Å². The van der Waals surface area contributed by atoms with Gasteiger partial charge in [0.05, 0.1) is 0 Å². The molecule has 0 atom stereocenters. The first-order chi connectivity index (χ1) is 6.90. The topological polar surface area (TPSA) is 46.3 Å². The maximum Gasteiger partial charge on any atom is 0.253 e. The fourth-order valence-electron chi connectivity index (χ4n) is 1.66. The first kappa shape index (κ1) is 9.15. The molecule has 0 aromatic heterocycles. The fraction of sp³-hybridized carbons (Fsp3) is 0.400. The number of nitrogens with zero attached hydrogens (tertiary/aromatic N) is 1. The lowest BCUT2D eigenvalue weighted by atomic mass is 10.2. The van der Waals surface area contributed by atoms with E-state index < -0.39 is 0 Å². The van der Waals surface area contributed by atoms with Gasteiger partial charge in [0, 0.05) is 54.1 Å². The van der Waals surface area contributed by atoms with E-state index in [9.17, 15) is 4.91 Å². The Bertz CT molecular complexity index is 304. The molecule has 1 aromatic rings. The SMILES string of the molecule is O=[NH+]c1ccc(N2CCNCC2)cc1. The molecule has 0 amide bonds. The van der Waals surface area contributed by atoms with E-state index in [0.717, 1.165) is 26.2 Å². The molecular formula is C10H14N3O+. The molecule has 0 saturated carbocycles. The Kier molecular flexibility index (Phi) is 2.74. The molecule has 4 nitrogen and oxygen atoms in total. The summed E-state index contributed by atoms with van der Waals surface area (Å²) in [6, 6.07) is 7.58. The van der Waals surface area contributed by atoms with Crippen LogP contribution in [-0.4, -0.2) is 26.2 Å². The summed E-state index contributed by atoms with van der Waals surface area (Å²) in [6.07, 6.45) is 0.